The largest absolute Gasteiger partial charge is 0.340 e. The number of nitrogens with zero attached hydrogens (tertiary/aromatic N) is 1. The maximum Gasteiger partial charge on any atom is 0.244 e. The first kappa shape index (κ1) is 18.8. The molecule has 0 aromatic heterocycles. The van der Waals surface area contributed by atoms with Gasteiger partial charge < -0.3 is 10.6 Å². The summed E-state index contributed by atoms with van der Waals surface area (Å²) < 4.78 is 40.0. The predicted molar refractivity (Wildman–Crippen MR) is 82.6 cm³/mol. The van der Waals surface area contributed by atoms with Crippen molar-refractivity contribution in [3.8, 4) is 0 Å². The number of carbonyl (C=O) groups excluding carboxylic acids is 1. The molecular formula is C13H19ClFN3O3S. The smallest absolute Gasteiger partial charge is 0.244 e. The second-order valence-electron chi connectivity index (χ2n) is 5.11. The van der Waals surface area contributed by atoms with Crippen molar-refractivity contribution in [1.82, 2.24) is 9.62 Å². The van der Waals surface area contributed by atoms with E-state index < -0.39 is 26.8 Å². The average Bonchev–Trinajstić information content (AvgIpc) is 2.84. The summed E-state index contributed by atoms with van der Waals surface area (Å²) >= 11 is 0. The summed E-state index contributed by atoms with van der Waals surface area (Å²) in [7, 11) is -4.08. The lowest BCUT2D eigenvalue weighted by Crippen LogP contribution is -2.46. The van der Waals surface area contributed by atoms with E-state index in [1.807, 2.05) is 0 Å². The number of amides is 1. The molecule has 0 aliphatic carbocycles. The molecule has 1 aromatic carbocycles. The molecule has 0 bridgehead atoms. The second-order valence-corrected chi connectivity index (χ2v) is 6.79. The number of hydrogen-bond acceptors (Lipinski definition) is 4. The van der Waals surface area contributed by atoms with Crippen LogP contribution in [-0.2, 0) is 14.8 Å². The maximum atomic E-state index is 13.6. The summed E-state index contributed by atoms with van der Waals surface area (Å²) in [5.74, 6) is -1.21. The third-order valence-corrected chi connectivity index (χ3v) is 4.94. The average molecular weight is 352 g/mol. The molecule has 6 nitrogen and oxygen atoms in total. The first-order chi connectivity index (χ1) is 9.81. The number of halogens is 2. The zero-order valence-corrected chi connectivity index (χ0v) is 13.7. The number of rotatable bonds is 4. The van der Waals surface area contributed by atoms with Crippen LogP contribution >= 0.6 is 12.4 Å². The van der Waals surface area contributed by atoms with Crippen LogP contribution < -0.4 is 10.5 Å². The van der Waals surface area contributed by atoms with E-state index in [9.17, 15) is 17.6 Å². The molecule has 9 heteroatoms. The minimum absolute atomic E-state index is 0. The fourth-order valence-electron chi connectivity index (χ4n) is 2.27. The zero-order chi connectivity index (χ0) is 15.6. The second kappa shape index (κ2) is 7.36. The van der Waals surface area contributed by atoms with Crippen molar-refractivity contribution >= 4 is 28.3 Å². The van der Waals surface area contributed by atoms with Gasteiger partial charge in [0.15, 0.2) is 0 Å². The number of likely N-dealkylation sites (tertiary alicyclic amines) is 1. The van der Waals surface area contributed by atoms with E-state index in [4.69, 9.17) is 5.73 Å². The molecule has 1 amide bonds. The molecule has 1 aliphatic heterocycles. The van der Waals surface area contributed by atoms with E-state index in [0.717, 1.165) is 12.1 Å². The van der Waals surface area contributed by atoms with Gasteiger partial charge in [-0.3, -0.25) is 4.79 Å². The van der Waals surface area contributed by atoms with Crippen LogP contribution in [0.2, 0.25) is 0 Å². The number of sulfonamides is 1. The van der Waals surface area contributed by atoms with Crippen molar-refractivity contribution < 1.29 is 17.6 Å². The number of benzene rings is 1. The van der Waals surface area contributed by atoms with Crippen LogP contribution in [0.15, 0.2) is 29.2 Å². The van der Waals surface area contributed by atoms with Gasteiger partial charge in [0.1, 0.15) is 10.7 Å². The highest BCUT2D eigenvalue weighted by Crippen LogP contribution is 2.15. The van der Waals surface area contributed by atoms with Crippen molar-refractivity contribution in [2.24, 2.45) is 5.73 Å². The predicted octanol–water partition coefficient (Wildman–Crippen LogP) is 0.474. The van der Waals surface area contributed by atoms with E-state index in [1.165, 1.54) is 24.0 Å². The summed E-state index contributed by atoms with van der Waals surface area (Å²) in [5, 5.41) is 0. The Morgan fingerprint density at radius 3 is 2.64 bits per heavy atom. The zero-order valence-electron chi connectivity index (χ0n) is 12.0. The Labute approximate surface area is 135 Å². The molecule has 22 heavy (non-hydrogen) atoms. The van der Waals surface area contributed by atoms with E-state index in [-0.39, 0.29) is 24.4 Å². The maximum absolute atomic E-state index is 13.6. The molecular weight excluding hydrogens is 333 g/mol. The molecule has 1 aromatic rings. The Balaban J connectivity index is 0.00000242. The van der Waals surface area contributed by atoms with Crippen LogP contribution in [0.25, 0.3) is 0 Å². The first-order valence-electron chi connectivity index (χ1n) is 6.62. The van der Waals surface area contributed by atoms with Gasteiger partial charge in [-0.25, -0.2) is 12.8 Å². The van der Waals surface area contributed by atoms with Crippen LogP contribution in [0.3, 0.4) is 0 Å². The van der Waals surface area contributed by atoms with E-state index in [2.05, 4.69) is 4.72 Å². The third kappa shape index (κ3) is 4.16. The van der Waals surface area contributed by atoms with Gasteiger partial charge in [0.25, 0.3) is 0 Å². The van der Waals surface area contributed by atoms with Gasteiger partial charge in [-0.05, 0) is 25.5 Å². The summed E-state index contributed by atoms with van der Waals surface area (Å²) in [5.41, 5.74) is 5.72. The molecule has 1 unspecified atom stereocenters. The molecule has 1 saturated heterocycles. The molecule has 2 atom stereocenters. The molecule has 1 heterocycles. The van der Waals surface area contributed by atoms with E-state index in [0.29, 0.717) is 19.5 Å². The molecule has 124 valence electrons. The van der Waals surface area contributed by atoms with Crippen molar-refractivity contribution in [3.63, 3.8) is 0 Å². The SMILES string of the molecule is CC(NS(=O)(=O)c1ccccc1F)C(=O)N1CC[C@@H](N)C1.Cl. The Morgan fingerprint density at radius 1 is 1.45 bits per heavy atom. The van der Waals surface area contributed by atoms with Crippen LogP contribution in [0.5, 0.6) is 0 Å². The highest BCUT2D eigenvalue weighted by Gasteiger charge is 2.30. The lowest BCUT2D eigenvalue weighted by molar-refractivity contribution is -0.131. The fourth-order valence-corrected chi connectivity index (χ4v) is 3.55. The molecule has 2 rings (SSSR count). The third-order valence-electron chi connectivity index (χ3n) is 3.36. The fraction of sp³-hybridized carbons (Fsp3) is 0.462. The highest BCUT2D eigenvalue weighted by atomic mass is 35.5. The molecule has 0 saturated carbocycles. The summed E-state index contributed by atoms with van der Waals surface area (Å²) in [4.78, 5) is 13.2. The van der Waals surface area contributed by atoms with Gasteiger partial charge >= 0.3 is 0 Å². The van der Waals surface area contributed by atoms with Gasteiger partial charge in [0.2, 0.25) is 15.9 Å². The standard InChI is InChI=1S/C13H18FN3O3S.ClH/c1-9(13(18)17-7-6-10(15)8-17)16-21(19,20)12-5-3-2-4-11(12)14;/h2-5,9-10,16H,6-8,15H2,1H3;1H/t9?,10-;/m1./s1. The minimum Gasteiger partial charge on any atom is -0.340 e. The number of hydrogen-bond donors (Lipinski definition) is 2. The molecule has 0 radical (unpaired) electrons. The van der Waals surface area contributed by atoms with Crippen molar-refractivity contribution in [2.45, 2.75) is 30.3 Å². The van der Waals surface area contributed by atoms with Crippen LogP contribution in [0, 0.1) is 5.82 Å². The van der Waals surface area contributed by atoms with Gasteiger partial charge in [-0.2, -0.15) is 4.72 Å². The number of nitrogens with two attached hydrogens (primary N) is 1. The minimum atomic E-state index is -4.08. The number of nitrogens with one attached hydrogen (secondary N) is 1. The van der Waals surface area contributed by atoms with Crippen LogP contribution in [-0.4, -0.2) is 44.4 Å². The van der Waals surface area contributed by atoms with Gasteiger partial charge in [0, 0.05) is 19.1 Å². The summed E-state index contributed by atoms with van der Waals surface area (Å²) in [6.45, 7) is 2.35. The lowest BCUT2D eigenvalue weighted by atomic mass is 10.3. The van der Waals surface area contributed by atoms with Crippen molar-refractivity contribution in [2.75, 3.05) is 13.1 Å². The highest BCUT2D eigenvalue weighted by molar-refractivity contribution is 7.89. The monoisotopic (exact) mass is 351 g/mol. The van der Waals surface area contributed by atoms with Gasteiger partial charge in [-0.15, -0.1) is 12.4 Å². The van der Waals surface area contributed by atoms with Crippen LogP contribution in [0.4, 0.5) is 4.39 Å². The Hall–Kier alpha value is -1.22. The topological polar surface area (TPSA) is 92.5 Å². The first-order valence-corrected chi connectivity index (χ1v) is 8.11. The Bertz CT molecular complexity index is 641. The lowest BCUT2D eigenvalue weighted by Gasteiger charge is -2.21. The quantitative estimate of drug-likeness (QED) is 0.825. The number of carbonyl (C=O) groups is 1. The van der Waals surface area contributed by atoms with Crippen molar-refractivity contribution in [3.05, 3.63) is 30.1 Å². The van der Waals surface area contributed by atoms with E-state index in [1.54, 1.807) is 0 Å². The normalized spacial score (nSPS) is 19.6. The van der Waals surface area contributed by atoms with Gasteiger partial charge in [0.05, 0.1) is 6.04 Å². The van der Waals surface area contributed by atoms with Crippen LogP contribution in [0.1, 0.15) is 13.3 Å². The summed E-state index contributed by atoms with van der Waals surface area (Å²) in [6, 6.07) is 3.98. The van der Waals surface area contributed by atoms with Gasteiger partial charge in [-0.1, -0.05) is 12.1 Å². The van der Waals surface area contributed by atoms with E-state index >= 15 is 0 Å². The molecule has 1 aliphatic rings. The Kier molecular flexibility index (Phi) is 6.30. The summed E-state index contributed by atoms with van der Waals surface area (Å²) in [6.07, 6.45) is 0.693. The molecule has 1 fully saturated rings. The Morgan fingerprint density at radius 2 is 2.09 bits per heavy atom. The van der Waals surface area contributed by atoms with Crippen molar-refractivity contribution in [1.29, 1.82) is 0 Å². The molecule has 3 N–H and O–H groups in total. The molecule has 0 spiro atoms.